The van der Waals surface area contributed by atoms with Gasteiger partial charge in [0.2, 0.25) is 0 Å². The number of rotatable bonds is 0. The molecule has 0 saturated carbocycles. The van der Waals surface area contributed by atoms with Gasteiger partial charge >= 0.3 is 0 Å². The molecule has 0 bridgehead atoms. The highest BCUT2D eigenvalue weighted by Gasteiger charge is 2.08. The SMILES string of the molecule is C1=Nc2ccc3ccccc3c2C1.I. The van der Waals surface area contributed by atoms with E-state index in [1.807, 2.05) is 6.21 Å². The molecule has 1 aliphatic heterocycles. The lowest BCUT2D eigenvalue weighted by Crippen LogP contribution is -1.82. The fourth-order valence-corrected chi connectivity index (χ4v) is 1.90. The van der Waals surface area contributed by atoms with Gasteiger partial charge in [0.25, 0.3) is 0 Å². The molecule has 1 heterocycles. The van der Waals surface area contributed by atoms with Crippen LogP contribution < -0.4 is 0 Å². The first kappa shape index (κ1) is 9.65. The van der Waals surface area contributed by atoms with Crippen LogP contribution in [0.1, 0.15) is 5.56 Å². The molecule has 3 rings (SSSR count). The van der Waals surface area contributed by atoms with Crippen molar-refractivity contribution >= 4 is 46.7 Å². The lowest BCUT2D eigenvalue weighted by Gasteiger charge is -2.02. The maximum Gasteiger partial charge on any atom is 0.0667 e. The fourth-order valence-electron chi connectivity index (χ4n) is 1.90. The molecule has 0 aromatic heterocycles. The Balaban J connectivity index is 0.000000750. The van der Waals surface area contributed by atoms with Gasteiger partial charge in [-0.3, -0.25) is 4.99 Å². The van der Waals surface area contributed by atoms with Crippen LogP contribution in [0.25, 0.3) is 10.8 Å². The minimum Gasteiger partial charge on any atom is -0.261 e. The van der Waals surface area contributed by atoms with Crippen LogP contribution in [-0.2, 0) is 6.42 Å². The number of halogens is 1. The van der Waals surface area contributed by atoms with Crippen molar-refractivity contribution in [1.82, 2.24) is 0 Å². The second kappa shape index (κ2) is 3.69. The third kappa shape index (κ3) is 1.34. The maximum atomic E-state index is 4.32. The summed E-state index contributed by atoms with van der Waals surface area (Å²) in [5, 5.41) is 2.66. The summed E-state index contributed by atoms with van der Waals surface area (Å²) < 4.78 is 0. The summed E-state index contributed by atoms with van der Waals surface area (Å²) in [6.45, 7) is 0. The summed E-state index contributed by atoms with van der Waals surface area (Å²) in [5.41, 5.74) is 2.51. The summed E-state index contributed by atoms with van der Waals surface area (Å²) in [6.07, 6.45) is 2.97. The molecule has 70 valence electrons. The van der Waals surface area contributed by atoms with E-state index in [0.29, 0.717) is 0 Å². The zero-order valence-electron chi connectivity index (χ0n) is 7.60. The molecule has 0 fully saturated rings. The van der Waals surface area contributed by atoms with Gasteiger partial charge in [-0.15, -0.1) is 24.0 Å². The number of nitrogens with zero attached hydrogens (tertiary/aromatic N) is 1. The lowest BCUT2D eigenvalue weighted by molar-refractivity contribution is 1.46. The highest BCUT2D eigenvalue weighted by Crippen LogP contribution is 2.31. The minimum atomic E-state index is 0. The van der Waals surface area contributed by atoms with Gasteiger partial charge in [-0.25, -0.2) is 0 Å². The Morgan fingerprint density at radius 3 is 2.79 bits per heavy atom. The molecule has 0 unspecified atom stereocenters. The largest absolute Gasteiger partial charge is 0.261 e. The Labute approximate surface area is 99.9 Å². The van der Waals surface area contributed by atoms with E-state index < -0.39 is 0 Å². The van der Waals surface area contributed by atoms with Crippen LogP contribution in [-0.4, -0.2) is 6.21 Å². The first-order valence-electron chi connectivity index (χ1n) is 4.48. The van der Waals surface area contributed by atoms with Crippen molar-refractivity contribution in [2.24, 2.45) is 4.99 Å². The van der Waals surface area contributed by atoms with Crippen LogP contribution in [0, 0.1) is 0 Å². The lowest BCUT2D eigenvalue weighted by atomic mass is 10.0. The fraction of sp³-hybridized carbons (Fsp3) is 0.0833. The van der Waals surface area contributed by atoms with Gasteiger partial charge < -0.3 is 0 Å². The molecule has 1 nitrogen and oxygen atoms in total. The van der Waals surface area contributed by atoms with Gasteiger partial charge in [-0.2, -0.15) is 0 Å². The zero-order valence-corrected chi connectivity index (χ0v) is 9.93. The number of fused-ring (bicyclic) bond motifs is 3. The first-order valence-corrected chi connectivity index (χ1v) is 4.48. The Bertz CT molecular complexity index is 503. The van der Waals surface area contributed by atoms with Gasteiger partial charge in [-0.05, 0) is 22.4 Å². The smallest absolute Gasteiger partial charge is 0.0667 e. The molecule has 0 aliphatic carbocycles. The van der Waals surface area contributed by atoms with E-state index in [-0.39, 0.29) is 24.0 Å². The van der Waals surface area contributed by atoms with E-state index in [4.69, 9.17) is 0 Å². The Hall–Kier alpha value is -0.900. The average Bonchev–Trinajstić information content (AvgIpc) is 2.65. The summed E-state index contributed by atoms with van der Waals surface area (Å²) in [7, 11) is 0. The molecular weight excluding hydrogens is 285 g/mol. The van der Waals surface area contributed by atoms with E-state index in [9.17, 15) is 0 Å². The highest BCUT2D eigenvalue weighted by molar-refractivity contribution is 14.0. The van der Waals surface area contributed by atoms with Crippen molar-refractivity contribution in [2.75, 3.05) is 0 Å². The third-order valence-corrected chi connectivity index (χ3v) is 2.54. The monoisotopic (exact) mass is 295 g/mol. The number of benzene rings is 2. The predicted molar refractivity (Wildman–Crippen MR) is 71.2 cm³/mol. The van der Waals surface area contributed by atoms with Crippen LogP contribution in [0.3, 0.4) is 0 Å². The van der Waals surface area contributed by atoms with E-state index in [2.05, 4.69) is 41.4 Å². The van der Waals surface area contributed by atoms with Gasteiger partial charge in [0.15, 0.2) is 0 Å². The third-order valence-electron chi connectivity index (χ3n) is 2.54. The molecule has 1 aliphatic rings. The van der Waals surface area contributed by atoms with E-state index in [0.717, 1.165) is 12.1 Å². The van der Waals surface area contributed by atoms with Crippen molar-refractivity contribution in [3.63, 3.8) is 0 Å². The normalized spacial score (nSPS) is 12.6. The van der Waals surface area contributed by atoms with Gasteiger partial charge in [-0.1, -0.05) is 30.3 Å². The minimum absolute atomic E-state index is 0. The Morgan fingerprint density at radius 1 is 1.00 bits per heavy atom. The zero-order chi connectivity index (χ0) is 8.67. The first-order chi connectivity index (χ1) is 6.45. The Kier molecular flexibility index (Phi) is 2.54. The predicted octanol–water partition coefficient (Wildman–Crippen LogP) is 3.72. The molecule has 14 heavy (non-hydrogen) atoms. The molecule has 2 heteroatoms. The van der Waals surface area contributed by atoms with Crippen molar-refractivity contribution in [1.29, 1.82) is 0 Å². The second-order valence-electron chi connectivity index (χ2n) is 3.30. The summed E-state index contributed by atoms with van der Waals surface area (Å²) in [4.78, 5) is 4.32. The van der Waals surface area contributed by atoms with E-state index in [1.54, 1.807) is 0 Å². The molecule has 0 radical (unpaired) electrons. The summed E-state index contributed by atoms with van der Waals surface area (Å²) in [5.74, 6) is 0. The molecule has 0 saturated heterocycles. The van der Waals surface area contributed by atoms with Gasteiger partial charge in [0, 0.05) is 12.6 Å². The van der Waals surface area contributed by atoms with E-state index >= 15 is 0 Å². The Morgan fingerprint density at radius 2 is 1.86 bits per heavy atom. The highest BCUT2D eigenvalue weighted by atomic mass is 127. The molecule has 2 aromatic carbocycles. The van der Waals surface area contributed by atoms with Gasteiger partial charge in [0.05, 0.1) is 5.69 Å². The molecule has 0 atom stereocenters. The van der Waals surface area contributed by atoms with Crippen LogP contribution in [0.2, 0.25) is 0 Å². The molecule has 0 spiro atoms. The van der Waals surface area contributed by atoms with E-state index in [1.165, 1.54) is 16.3 Å². The number of hydrogen-bond acceptors (Lipinski definition) is 1. The average molecular weight is 295 g/mol. The molecule has 0 N–H and O–H groups in total. The standard InChI is InChI=1S/C12H9N.HI/c1-2-4-10-9(3-1)5-6-12-11(10)7-8-13-12;/h1-6,8H,7H2;1H. The molecule has 0 amide bonds. The van der Waals surface area contributed by atoms with Crippen molar-refractivity contribution in [3.8, 4) is 0 Å². The summed E-state index contributed by atoms with van der Waals surface area (Å²) >= 11 is 0. The van der Waals surface area contributed by atoms with Crippen LogP contribution in [0.15, 0.2) is 41.4 Å². The van der Waals surface area contributed by atoms with Crippen molar-refractivity contribution in [3.05, 3.63) is 42.0 Å². The quantitative estimate of drug-likeness (QED) is 0.657. The number of aliphatic imine (C=N–C) groups is 1. The van der Waals surface area contributed by atoms with Crippen molar-refractivity contribution in [2.45, 2.75) is 6.42 Å². The van der Waals surface area contributed by atoms with Gasteiger partial charge in [0.1, 0.15) is 0 Å². The van der Waals surface area contributed by atoms with Crippen LogP contribution in [0.4, 0.5) is 5.69 Å². The molecular formula is C12H10IN. The summed E-state index contributed by atoms with van der Waals surface area (Å²) in [6, 6.07) is 12.7. The number of hydrogen-bond donors (Lipinski definition) is 0. The molecule has 2 aromatic rings. The van der Waals surface area contributed by atoms with Crippen LogP contribution >= 0.6 is 24.0 Å². The topological polar surface area (TPSA) is 12.4 Å². The van der Waals surface area contributed by atoms with Crippen molar-refractivity contribution < 1.29 is 0 Å². The maximum absolute atomic E-state index is 4.32. The van der Waals surface area contributed by atoms with Crippen LogP contribution in [0.5, 0.6) is 0 Å². The second-order valence-corrected chi connectivity index (χ2v) is 3.30.